The Balaban J connectivity index is 0. The molecule has 0 atom stereocenters. The Bertz CT molecular complexity index is 173. The highest BCUT2D eigenvalue weighted by Gasteiger charge is 2.06. The molecule has 0 aromatic rings. The van der Waals surface area contributed by atoms with Crippen molar-refractivity contribution in [3.05, 3.63) is 0 Å². The van der Waals surface area contributed by atoms with Crippen molar-refractivity contribution < 1.29 is 4.74 Å². The first-order valence-electron chi connectivity index (χ1n) is 8.82. The molecule has 2 aliphatic rings. The van der Waals surface area contributed by atoms with Crippen LogP contribution in [0.25, 0.3) is 0 Å². The molecule has 0 aliphatic carbocycles. The molecule has 0 aromatic carbocycles. The highest BCUT2D eigenvalue weighted by atomic mass is 16.5. The highest BCUT2D eigenvalue weighted by molar-refractivity contribution is 4.62. The lowest BCUT2D eigenvalue weighted by Gasteiger charge is -2.13. The SMILES string of the molecule is CC.CC.CN1CCCN(C)CC1.CN1CCCOCC1. The Morgan fingerprint density at radius 2 is 0.952 bits per heavy atom. The van der Waals surface area contributed by atoms with Gasteiger partial charge in [-0.15, -0.1) is 0 Å². The van der Waals surface area contributed by atoms with E-state index in [1.807, 2.05) is 27.7 Å². The van der Waals surface area contributed by atoms with Gasteiger partial charge in [-0.2, -0.15) is 0 Å². The zero-order chi connectivity index (χ0) is 16.5. The zero-order valence-electron chi connectivity index (χ0n) is 15.8. The maximum Gasteiger partial charge on any atom is 0.0593 e. The molecule has 0 aromatic heterocycles. The first kappa shape index (κ1) is 23.1. The molecule has 21 heavy (non-hydrogen) atoms. The van der Waals surface area contributed by atoms with E-state index in [0.717, 1.165) is 19.8 Å². The normalized spacial score (nSPS) is 21.3. The predicted octanol–water partition coefficient (Wildman–Crippen LogP) is 2.64. The van der Waals surface area contributed by atoms with Gasteiger partial charge in [0.25, 0.3) is 0 Å². The fraction of sp³-hybridized carbons (Fsp3) is 1.00. The van der Waals surface area contributed by atoms with E-state index in [2.05, 4.69) is 35.8 Å². The summed E-state index contributed by atoms with van der Waals surface area (Å²) in [6.07, 6.45) is 2.52. The third kappa shape index (κ3) is 16.0. The van der Waals surface area contributed by atoms with Gasteiger partial charge in [-0.1, -0.05) is 27.7 Å². The Labute approximate surface area is 134 Å². The lowest BCUT2D eigenvalue weighted by molar-refractivity contribution is 0.144. The second-order valence-electron chi connectivity index (χ2n) is 5.23. The molecule has 0 unspecified atom stereocenters. The predicted molar refractivity (Wildman–Crippen MR) is 95.2 cm³/mol. The molecule has 4 heteroatoms. The molecule has 2 aliphatic heterocycles. The monoisotopic (exact) mass is 303 g/mol. The van der Waals surface area contributed by atoms with E-state index in [1.54, 1.807) is 0 Å². The second-order valence-corrected chi connectivity index (χ2v) is 5.23. The first-order valence-corrected chi connectivity index (χ1v) is 8.82. The van der Waals surface area contributed by atoms with Crippen LogP contribution in [0.1, 0.15) is 40.5 Å². The molecule has 0 amide bonds. The van der Waals surface area contributed by atoms with E-state index >= 15 is 0 Å². The van der Waals surface area contributed by atoms with Crippen molar-refractivity contribution in [2.24, 2.45) is 0 Å². The minimum absolute atomic E-state index is 0.913. The fourth-order valence-corrected chi connectivity index (χ4v) is 2.05. The van der Waals surface area contributed by atoms with Gasteiger partial charge in [0, 0.05) is 32.8 Å². The average molecular weight is 304 g/mol. The van der Waals surface area contributed by atoms with Crippen LogP contribution in [-0.4, -0.2) is 88.3 Å². The Morgan fingerprint density at radius 3 is 1.48 bits per heavy atom. The van der Waals surface area contributed by atoms with Crippen molar-refractivity contribution in [1.29, 1.82) is 0 Å². The topological polar surface area (TPSA) is 19.0 Å². The number of rotatable bonds is 0. The summed E-state index contributed by atoms with van der Waals surface area (Å²) in [6.45, 7) is 17.2. The van der Waals surface area contributed by atoms with Crippen LogP contribution < -0.4 is 0 Å². The molecule has 130 valence electrons. The van der Waals surface area contributed by atoms with Crippen LogP contribution in [0, 0.1) is 0 Å². The van der Waals surface area contributed by atoms with E-state index in [1.165, 1.54) is 45.6 Å². The van der Waals surface area contributed by atoms with Gasteiger partial charge in [0.2, 0.25) is 0 Å². The lowest BCUT2D eigenvalue weighted by Crippen LogP contribution is -2.25. The summed E-state index contributed by atoms with van der Waals surface area (Å²) in [5, 5.41) is 0. The quantitative estimate of drug-likeness (QED) is 0.685. The third-order valence-electron chi connectivity index (χ3n) is 3.39. The third-order valence-corrected chi connectivity index (χ3v) is 3.39. The molecule has 0 spiro atoms. The van der Waals surface area contributed by atoms with Crippen molar-refractivity contribution in [3.8, 4) is 0 Å². The molecule has 4 nitrogen and oxygen atoms in total. The molecule has 2 rings (SSSR count). The number of hydrogen-bond donors (Lipinski definition) is 0. The minimum atomic E-state index is 0.913. The van der Waals surface area contributed by atoms with Gasteiger partial charge >= 0.3 is 0 Å². The molecule has 0 bridgehead atoms. The maximum atomic E-state index is 5.22. The molecule has 0 N–H and O–H groups in total. The van der Waals surface area contributed by atoms with Crippen molar-refractivity contribution in [2.45, 2.75) is 40.5 Å². The summed E-state index contributed by atoms with van der Waals surface area (Å²) in [6, 6.07) is 0. The van der Waals surface area contributed by atoms with Crippen molar-refractivity contribution in [1.82, 2.24) is 14.7 Å². The second kappa shape index (κ2) is 17.9. The summed E-state index contributed by atoms with van der Waals surface area (Å²) in [7, 11) is 6.52. The maximum absolute atomic E-state index is 5.22. The Hall–Kier alpha value is -0.160. The summed E-state index contributed by atoms with van der Waals surface area (Å²) < 4.78 is 5.22. The molecular weight excluding hydrogens is 262 g/mol. The van der Waals surface area contributed by atoms with Crippen LogP contribution in [0.4, 0.5) is 0 Å². The molecule has 2 saturated heterocycles. The van der Waals surface area contributed by atoms with Gasteiger partial charge in [-0.05, 0) is 47.1 Å². The molecule has 2 heterocycles. The zero-order valence-corrected chi connectivity index (χ0v) is 15.8. The van der Waals surface area contributed by atoms with E-state index < -0.39 is 0 Å². The molecule has 2 fully saturated rings. The van der Waals surface area contributed by atoms with Crippen molar-refractivity contribution >= 4 is 0 Å². The van der Waals surface area contributed by atoms with Crippen LogP contribution in [0.15, 0.2) is 0 Å². The van der Waals surface area contributed by atoms with Gasteiger partial charge < -0.3 is 19.4 Å². The minimum Gasteiger partial charge on any atom is -0.380 e. The van der Waals surface area contributed by atoms with Gasteiger partial charge in [-0.3, -0.25) is 0 Å². The van der Waals surface area contributed by atoms with Crippen LogP contribution in [0.3, 0.4) is 0 Å². The van der Waals surface area contributed by atoms with Gasteiger partial charge in [0.15, 0.2) is 0 Å². The summed E-state index contributed by atoms with van der Waals surface area (Å²) in [5.41, 5.74) is 0. The van der Waals surface area contributed by atoms with Gasteiger partial charge in [0.05, 0.1) is 6.61 Å². The van der Waals surface area contributed by atoms with Crippen LogP contribution in [0.5, 0.6) is 0 Å². The number of ether oxygens (including phenoxy) is 1. The van der Waals surface area contributed by atoms with Gasteiger partial charge in [-0.25, -0.2) is 0 Å². The summed E-state index contributed by atoms with van der Waals surface area (Å²) in [5.74, 6) is 0. The van der Waals surface area contributed by atoms with Crippen LogP contribution >= 0.6 is 0 Å². The van der Waals surface area contributed by atoms with Crippen LogP contribution in [0.2, 0.25) is 0 Å². The van der Waals surface area contributed by atoms with E-state index in [9.17, 15) is 0 Å². The van der Waals surface area contributed by atoms with Gasteiger partial charge in [0.1, 0.15) is 0 Å². The van der Waals surface area contributed by atoms with E-state index in [4.69, 9.17) is 4.74 Å². The standard InChI is InChI=1S/C7H16N2.C6H13NO.2C2H6/c1-8-4-3-5-9(2)7-6-8;1-7-3-2-5-8-6-4-7;2*1-2/h3-7H2,1-2H3;2-6H2,1H3;2*1-2H3. The molecule has 0 radical (unpaired) electrons. The average Bonchev–Trinajstić information content (AvgIpc) is 2.87. The number of nitrogens with zero attached hydrogens (tertiary/aromatic N) is 3. The largest absolute Gasteiger partial charge is 0.380 e. The highest BCUT2D eigenvalue weighted by Crippen LogP contribution is 1.96. The smallest absolute Gasteiger partial charge is 0.0593 e. The van der Waals surface area contributed by atoms with Crippen molar-refractivity contribution in [3.63, 3.8) is 0 Å². The fourth-order valence-electron chi connectivity index (χ4n) is 2.05. The van der Waals surface area contributed by atoms with Crippen LogP contribution in [-0.2, 0) is 4.74 Å². The Kier molecular flexibility index (Phi) is 19.7. The van der Waals surface area contributed by atoms with E-state index in [-0.39, 0.29) is 0 Å². The molecular formula is C17H41N3O. The molecule has 0 saturated carbocycles. The van der Waals surface area contributed by atoms with E-state index in [0.29, 0.717) is 0 Å². The first-order chi connectivity index (χ1) is 10.2. The summed E-state index contributed by atoms with van der Waals surface area (Å²) in [4.78, 5) is 7.08. The van der Waals surface area contributed by atoms with Crippen molar-refractivity contribution in [2.75, 3.05) is 73.6 Å². The number of likely N-dealkylation sites (N-methyl/N-ethyl adjacent to an activating group) is 3. The number of hydrogen-bond acceptors (Lipinski definition) is 4. The Morgan fingerprint density at radius 1 is 0.524 bits per heavy atom. The lowest BCUT2D eigenvalue weighted by atomic mass is 10.4. The summed E-state index contributed by atoms with van der Waals surface area (Å²) >= 11 is 0.